The molecule has 1 saturated carbocycles. The Labute approximate surface area is 74.6 Å². The minimum Gasteiger partial charge on any atom is -0.211 e. The zero-order chi connectivity index (χ0) is 9.03. The summed E-state index contributed by atoms with van der Waals surface area (Å²) in [5.74, 6) is 0.247. The molecular weight excluding hydrogens is 174 g/mol. The number of hydrogen-bond acceptors (Lipinski definition) is 2. The van der Waals surface area contributed by atoms with Gasteiger partial charge in [0.2, 0.25) is 10.0 Å². The molecule has 4 heteroatoms. The van der Waals surface area contributed by atoms with Gasteiger partial charge in [-0.2, -0.15) is 0 Å². The lowest BCUT2D eigenvalue weighted by Crippen LogP contribution is -2.21. The van der Waals surface area contributed by atoms with Gasteiger partial charge in [0.05, 0.1) is 5.75 Å². The normalized spacial score (nSPS) is 18.1. The van der Waals surface area contributed by atoms with Crippen LogP contribution in [0.2, 0.25) is 0 Å². The number of sulfonamides is 1. The van der Waals surface area contributed by atoms with Gasteiger partial charge in [-0.1, -0.05) is 19.8 Å². The minimum absolute atomic E-state index is 0.136. The van der Waals surface area contributed by atoms with E-state index in [1.165, 1.54) is 0 Å². The molecule has 1 fully saturated rings. The molecule has 0 aliphatic heterocycles. The van der Waals surface area contributed by atoms with Crippen molar-refractivity contribution in [2.24, 2.45) is 0 Å². The van der Waals surface area contributed by atoms with Gasteiger partial charge in [0.1, 0.15) is 0 Å². The van der Waals surface area contributed by atoms with Crippen LogP contribution in [-0.4, -0.2) is 20.2 Å². The Bertz CT molecular complexity index is 219. The van der Waals surface area contributed by atoms with Gasteiger partial charge in [-0.15, -0.1) is 4.72 Å². The Morgan fingerprint density at radius 2 is 2.00 bits per heavy atom. The molecule has 1 radical (unpaired) electrons. The van der Waals surface area contributed by atoms with Crippen molar-refractivity contribution < 1.29 is 8.42 Å². The van der Waals surface area contributed by atoms with E-state index in [1.54, 1.807) is 0 Å². The number of nitrogens with zero attached hydrogens (tertiary/aromatic N) is 1. The maximum atomic E-state index is 11.2. The van der Waals surface area contributed by atoms with E-state index < -0.39 is 10.0 Å². The Kier molecular flexibility index (Phi) is 3.53. The van der Waals surface area contributed by atoms with Crippen LogP contribution < -0.4 is 4.72 Å². The summed E-state index contributed by atoms with van der Waals surface area (Å²) in [6.07, 6.45) is 4.73. The van der Waals surface area contributed by atoms with Crippen LogP contribution in [0.3, 0.4) is 0 Å². The van der Waals surface area contributed by atoms with Crippen LogP contribution >= 0.6 is 0 Å². The highest BCUT2D eigenvalue weighted by Gasteiger charge is 2.28. The molecule has 0 spiro atoms. The molecule has 12 heavy (non-hydrogen) atoms. The van der Waals surface area contributed by atoms with Gasteiger partial charge >= 0.3 is 0 Å². The zero-order valence-electron chi connectivity index (χ0n) is 7.49. The molecule has 0 atom stereocenters. The number of rotatable bonds is 6. The first-order valence-corrected chi connectivity index (χ1v) is 6.20. The number of unbranched alkanes of at least 4 members (excludes halogenated alkanes) is 2. The Hall–Kier alpha value is -0.0900. The molecule has 1 aliphatic carbocycles. The second-order valence-corrected chi connectivity index (χ2v) is 5.11. The smallest absolute Gasteiger partial charge is 0.211 e. The van der Waals surface area contributed by atoms with Gasteiger partial charge < -0.3 is 0 Å². The highest BCUT2D eigenvalue weighted by Crippen LogP contribution is 2.21. The fourth-order valence-corrected chi connectivity index (χ4v) is 2.33. The van der Waals surface area contributed by atoms with Gasteiger partial charge in [-0.25, -0.2) is 8.42 Å². The van der Waals surface area contributed by atoms with Gasteiger partial charge in [-0.3, -0.25) is 0 Å². The van der Waals surface area contributed by atoms with Gasteiger partial charge in [0.25, 0.3) is 0 Å². The average Bonchev–Trinajstić information content (AvgIpc) is 2.71. The highest BCUT2D eigenvalue weighted by atomic mass is 32.2. The van der Waals surface area contributed by atoms with Crippen molar-refractivity contribution in [3.8, 4) is 0 Å². The molecular formula is C8H16NO2S. The fraction of sp³-hybridized carbons (Fsp3) is 1.00. The molecule has 1 aliphatic rings. The second-order valence-electron chi connectivity index (χ2n) is 3.33. The lowest BCUT2D eigenvalue weighted by molar-refractivity contribution is 0.574. The van der Waals surface area contributed by atoms with Crippen LogP contribution in [0, 0.1) is 0 Å². The van der Waals surface area contributed by atoms with Crippen LogP contribution in [0.5, 0.6) is 0 Å². The first-order valence-electron chi connectivity index (χ1n) is 4.59. The van der Waals surface area contributed by atoms with Gasteiger partial charge in [0, 0.05) is 6.04 Å². The first-order chi connectivity index (χ1) is 5.64. The predicted octanol–water partition coefficient (Wildman–Crippen LogP) is 1.27. The SMILES string of the molecule is CCCCCS(=O)(=O)[N]C1CC1. The minimum atomic E-state index is -3.07. The summed E-state index contributed by atoms with van der Waals surface area (Å²) in [4.78, 5) is 0. The van der Waals surface area contributed by atoms with Crippen molar-refractivity contribution in [3.63, 3.8) is 0 Å². The standard InChI is InChI=1S/C8H16NO2S/c1-2-3-4-7-12(10,11)9-8-5-6-8/h8H,2-7H2,1H3. The average molecular weight is 190 g/mol. The molecule has 0 heterocycles. The van der Waals surface area contributed by atoms with Crippen molar-refractivity contribution >= 4 is 10.0 Å². The Morgan fingerprint density at radius 1 is 1.33 bits per heavy atom. The summed E-state index contributed by atoms with van der Waals surface area (Å²) < 4.78 is 26.1. The zero-order valence-corrected chi connectivity index (χ0v) is 8.31. The molecule has 0 saturated heterocycles. The molecule has 3 nitrogen and oxygen atoms in total. The van der Waals surface area contributed by atoms with Crippen molar-refractivity contribution in [2.45, 2.75) is 45.1 Å². The van der Waals surface area contributed by atoms with Crippen molar-refractivity contribution in [3.05, 3.63) is 0 Å². The number of hydrogen-bond donors (Lipinski definition) is 0. The van der Waals surface area contributed by atoms with Crippen LogP contribution in [0.4, 0.5) is 0 Å². The summed E-state index contributed by atoms with van der Waals surface area (Å²) >= 11 is 0. The summed E-state index contributed by atoms with van der Waals surface area (Å²) in [7, 11) is -3.07. The van der Waals surface area contributed by atoms with Crippen molar-refractivity contribution in [2.75, 3.05) is 5.75 Å². The lowest BCUT2D eigenvalue weighted by atomic mass is 10.3. The summed E-state index contributed by atoms with van der Waals surface area (Å²) in [6, 6.07) is 0.136. The third-order valence-corrected chi connectivity index (χ3v) is 3.29. The predicted molar refractivity (Wildman–Crippen MR) is 48.5 cm³/mol. The van der Waals surface area contributed by atoms with Gasteiger partial charge in [0.15, 0.2) is 0 Å². The van der Waals surface area contributed by atoms with E-state index in [0.717, 1.165) is 32.1 Å². The molecule has 0 unspecified atom stereocenters. The molecule has 0 aromatic heterocycles. The van der Waals surface area contributed by atoms with E-state index in [4.69, 9.17) is 0 Å². The third-order valence-electron chi connectivity index (χ3n) is 1.86. The quantitative estimate of drug-likeness (QED) is 0.592. The van der Waals surface area contributed by atoms with E-state index in [-0.39, 0.29) is 11.8 Å². The molecule has 71 valence electrons. The lowest BCUT2D eigenvalue weighted by Gasteiger charge is -2.01. The monoisotopic (exact) mass is 190 g/mol. The van der Waals surface area contributed by atoms with E-state index in [1.807, 2.05) is 0 Å². The molecule has 0 N–H and O–H groups in total. The van der Waals surface area contributed by atoms with Crippen molar-refractivity contribution in [1.82, 2.24) is 4.72 Å². The van der Waals surface area contributed by atoms with E-state index in [9.17, 15) is 8.42 Å². The Morgan fingerprint density at radius 3 is 2.50 bits per heavy atom. The van der Waals surface area contributed by atoms with E-state index in [0.29, 0.717) is 0 Å². The maximum absolute atomic E-state index is 11.2. The summed E-state index contributed by atoms with van der Waals surface area (Å²) in [5, 5.41) is 0. The second kappa shape index (κ2) is 4.23. The maximum Gasteiger partial charge on any atom is 0.228 e. The summed E-state index contributed by atoms with van der Waals surface area (Å²) in [5.41, 5.74) is 0. The largest absolute Gasteiger partial charge is 0.228 e. The van der Waals surface area contributed by atoms with Crippen LogP contribution in [0.25, 0.3) is 0 Å². The molecule has 0 aromatic carbocycles. The highest BCUT2D eigenvalue weighted by molar-refractivity contribution is 7.89. The molecule has 1 rings (SSSR count). The molecule has 0 amide bonds. The third kappa shape index (κ3) is 4.07. The fourth-order valence-electron chi connectivity index (χ4n) is 0.994. The van der Waals surface area contributed by atoms with E-state index in [2.05, 4.69) is 11.6 Å². The topological polar surface area (TPSA) is 48.2 Å². The van der Waals surface area contributed by atoms with E-state index >= 15 is 0 Å². The first kappa shape index (κ1) is 9.99. The van der Waals surface area contributed by atoms with Crippen LogP contribution in [0.1, 0.15) is 39.0 Å². The van der Waals surface area contributed by atoms with Crippen LogP contribution in [0.15, 0.2) is 0 Å². The molecule has 0 bridgehead atoms. The summed E-state index contributed by atoms with van der Waals surface area (Å²) in [6.45, 7) is 2.06. The van der Waals surface area contributed by atoms with Crippen molar-refractivity contribution in [1.29, 1.82) is 0 Å². The van der Waals surface area contributed by atoms with Gasteiger partial charge in [-0.05, 0) is 19.3 Å². The van der Waals surface area contributed by atoms with Crippen LogP contribution in [-0.2, 0) is 10.0 Å². The molecule has 0 aromatic rings. The Balaban J connectivity index is 2.17.